The Morgan fingerprint density at radius 2 is 2.21 bits per heavy atom. The molecule has 5 nitrogen and oxygen atoms in total. The van der Waals surface area contributed by atoms with Gasteiger partial charge in [-0.3, -0.25) is 0 Å². The van der Waals surface area contributed by atoms with Crippen LogP contribution in [0.4, 0.5) is 0 Å². The van der Waals surface area contributed by atoms with Gasteiger partial charge < -0.3 is 4.98 Å². The second-order valence-electron chi connectivity index (χ2n) is 3.32. The summed E-state index contributed by atoms with van der Waals surface area (Å²) in [6.07, 6.45) is 3.50. The summed E-state index contributed by atoms with van der Waals surface area (Å²) in [5.74, 6) is 0. The van der Waals surface area contributed by atoms with Gasteiger partial charge in [-0.1, -0.05) is 0 Å². The number of aromatic nitrogens is 1. The number of hydrogen-bond acceptors (Lipinski definition) is 2. The van der Waals surface area contributed by atoms with Crippen LogP contribution in [0.25, 0.3) is 0 Å². The van der Waals surface area contributed by atoms with E-state index in [4.69, 9.17) is 0 Å². The van der Waals surface area contributed by atoms with Crippen molar-refractivity contribution in [1.82, 2.24) is 14.4 Å². The molecule has 1 rings (SSSR count). The van der Waals surface area contributed by atoms with Crippen LogP contribution in [0, 0.1) is 0 Å². The topological polar surface area (TPSA) is 74.0 Å². The first-order chi connectivity index (χ1) is 6.49. The number of hydrogen-bond donors (Lipinski definition) is 3. The monoisotopic (exact) mass is 217 g/mol. The third-order valence-electron chi connectivity index (χ3n) is 1.52. The van der Waals surface area contributed by atoms with Crippen molar-refractivity contribution in [3.8, 4) is 0 Å². The van der Waals surface area contributed by atoms with Crippen molar-refractivity contribution in [3.05, 3.63) is 24.0 Å². The Morgan fingerprint density at radius 3 is 2.71 bits per heavy atom. The number of H-pyrrole nitrogens is 1. The van der Waals surface area contributed by atoms with Crippen molar-refractivity contribution in [3.63, 3.8) is 0 Å². The summed E-state index contributed by atoms with van der Waals surface area (Å²) in [5.41, 5.74) is 0.902. The van der Waals surface area contributed by atoms with Crippen molar-refractivity contribution in [2.75, 3.05) is 0 Å². The van der Waals surface area contributed by atoms with Gasteiger partial charge in [0.05, 0.1) is 0 Å². The fourth-order valence-corrected chi connectivity index (χ4v) is 2.06. The fraction of sp³-hybridized carbons (Fsp3) is 0.500. The largest absolute Gasteiger partial charge is 0.367 e. The van der Waals surface area contributed by atoms with Crippen LogP contribution in [-0.4, -0.2) is 19.4 Å². The van der Waals surface area contributed by atoms with Gasteiger partial charge in [0.15, 0.2) is 0 Å². The van der Waals surface area contributed by atoms with Gasteiger partial charge >= 0.3 is 0 Å². The summed E-state index contributed by atoms with van der Waals surface area (Å²) in [7, 11) is -3.37. The summed E-state index contributed by atoms with van der Waals surface area (Å²) in [6.45, 7) is 3.84. The van der Waals surface area contributed by atoms with Crippen LogP contribution in [0.2, 0.25) is 0 Å². The minimum atomic E-state index is -3.37. The molecule has 1 aromatic rings. The van der Waals surface area contributed by atoms with E-state index < -0.39 is 10.2 Å². The van der Waals surface area contributed by atoms with E-state index in [1.807, 2.05) is 6.07 Å². The molecule has 1 aromatic heterocycles. The van der Waals surface area contributed by atoms with Crippen LogP contribution >= 0.6 is 0 Å². The van der Waals surface area contributed by atoms with Gasteiger partial charge in [0, 0.05) is 25.0 Å². The molecule has 0 unspecified atom stereocenters. The molecule has 0 aromatic carbocycles. The zero-order valence-electron chi connectivity index (χ0n) is 8.24. The van der Waals surface area contributed by atoms with Crippen molar-refractivity contribution >= 4 is 10.2 Å². The molecular formula is C8H15N3O2S. The average molecular weight is 217 g/mol. The number of nitrogens with one attached hydrogen (secondary N) is 3. The lowest BCUT2D eigenvalue weighted by Crippen LogP contribution is -2.39. The quantitative estimate of drug-likeness (QED) is 0.665. The van der Waals surface area contributed by atoms with Crippen molar-refractivity contribution in [2.24, 2.45) is 0 Å². The van der Waals surface area contributed by atoms with Gasteiger partial charge in [0.25, 0.3) is 10.2 Å². The van der Waals surface area contributed by atoms with Crippen LogP contribution in [0.5, 0.6) is 0 Å². The Morgan fingerprint density at radius 1 is 1.50 bits per heavy atom. The highest BCUT2D eigenvalue weighted by Gasteiger charge is 2.10. The van der Waals surface area contributed by atoms with Crippen LogP contribution < -0.4 is 9.44 Å². The highest BCUT2D eigenvalue weighted by Crippen LogP contribution is 1.96. The average Bonchev–Trinajstić information content (AvgIpc) is 2.50. The van der Waals surface area contributed by atoms with E-state index in [9.17, 15) is 8.42 Å². The number of rotatable bonds is 5. The van der Waals surface area contributed by atoms with E-state index in [1.165, 1.54) is 0 Å². The Hall–Kier alpha value is -0.850. The molecule has 14 heavy (non-hydrogen) atoms. The molecule has 6 heteroatoms. The molecular weight excluding hydrogens is 202 g/mol. The molecule has 80 valence electrons. The predicted molar refractivity (Wildman–Crippen MR) is 54.8 cm³/mol. The molecule has 0 aliphatic rings. The predicted octanol–water partition coefficient (Wildman–Crippen LogP) is 0.347. The molecule has 0 radical (unpaired) electrons. The smallest absolute Gasteiger partial charge is 0.277 e. The molecule has 3 N–H and O–H groups in total. The second kappa shape index (κ2) is 4.59. The molecule has 0 aliphatic carbocycles. The minimum absolute atomic E-state index is 0.0984. The molecule has 0 saturated carbocycles. The van der Waals surface area contributed by atoms with E-state index in [0.29, 0.717) is 6.54 Å². The molecule has 0 spiro atoms. The maximum absolute atomic E-state index is 11.3. The van der Waals surface area contributed by atoms with Crippen molar-refractivity contribution in [2.45, 2.75) is 26.4 Å². The van der Waals surface area contributed by atoms with Gasteiger partial charge in [0.2, 0.25) is 0 Å². The Balaban J connectivity index is 2.45. The summed E-state index contributed by atoms with van der Waals surface area (Å²) in [5, 5.41) is 0. The van der Waals surface area contributed by atoms with Crippen molar-refractivity contribution in [1.29, 1.82) is 0 Å². The zero-order valence-corrected chi connectivity index (χ0v) is 9.06. The van der Waals surface area contributed by atoms with Crippen LogP contribution in [-0.2, 0) is 16.8 Å². The van der Waals surface area contributed by atoms with Gasteiger partial charge in [-0.15, -0.1) is 0 Å². The Labute approximate surface area is 84.1 Å². The normalized spacial score (nSPS) is 12.2. The first kappa shape index (κ1) is 11.2. The molecule has 0 bridgehead atoms. The lowest BCUT2D eigenvalue weighted by atomic mass is 10.4. The van der Waals surface area contributed by atoms with Crippen LogP contribution in [0.15, 0.2) is 18.5 Å². The van der Waals surface area contributed by atoms with Gasteiger partial charge in [0.1, 0.15) is 0 Å². The van der Waals surface area contributed by atoms with E-state index in [0.717, 1.165) is 5.56 Å². The standard InChI is InChI=1S/C8H15N3O2S/c1-7(2)11-14(12,13)10-6-8-3-4-9-5-8/h3-5,7,9-11H,6H2,1-2H3. The molecule has 0 saturated heterocycles. The maximum Gasteiger partial charge on any atom is 0.277 e. The van der Waals surface area contributed by atoms with E-state index >= 15 is 0 Å². The zero-order chi connectivity index (χ0) is 10.6. The lowest BCUT2D eigenvalue weighted by molar-refractivity contribution is 0.554. The fourth-order valence-electron chi connectivity index (χ4n) is 0.999. The van der Waals surface area contributed by atoms with Gasteiger partial charge in [-0.05, 0) is 25.5 Å². The molecule has 1 heterocycles. The highest BCUT2D eigenvalue weighted by molar-refractivity contribution is 7.87. The summed E-state index contributed by atoms with van der Waals surface area (Å²) in [4.78, 5) is 2.85. The van der Waals surface area contributed by atoms with Crippen LogP contribution in [0.1, 0.15) is 19.4 Å². The molecule has 0 amide bonds. The van der Waals surface area contributed by atoms with E-state index in [-0.39, 0.29) is 6.04 Å². The molecule has 0 aliphatic heterocycles. The Kier molecular flexibility index (Phi) is 3.68. The SMILES string of the molecule is CC(C)NS(=O)(=O)NCc1cc[nH]c1. The van der Waals surface area contributed by atoms with Crippen molar-refractivity contribution < 1.29 is 8.42 Å². The third-order valence-corrected chi connectivity index (χ3v) is 2.83. The summed E-state index contributed by atoms with van der Waals surface area (Å²) >= 11 is 0. The Bertz CT molecular complexity index is 356. The van der Waals surface area contributed by atoms with Gasteiger partial charge in [-0.25, -0.2) is 0 Å². The maximum atomic E-state index is 11.3. The molecule has 0 fully saturated rings. The lowest BCUT2D eigenvalue weighted by Gasteiger charge is -2.09. The third kappa shape index (κ3) is 3.91. The number of aromatic amines is 1. The minimum Gasteiger partial charge on any atom is -0.367 e. The van der Waals surface area contributed by atoms with Gasteiger partial charge in [-0.2, -0.15) is 17.9 Å². The first-order valence-corrected chi connectivity index (χ1v) is 5.86. The van der Waals surface area contributed by atoms with E-state index in [2.05, 4.69) is 14.4 Å². The second-order valence-corrected chi connectivity index (χ2v) is 4.85. The first-order valence-electron chi connectivity index (χ1n) is 4.38. The van der Waals surface area contributed by atoms with E-state index in [1.54, 1.807) is 26.2 Å². The highest BCUT2D eigenvalue weighted by atomic mass is 32.2. The summed E-state index contributed by atoms with van der Waals surface area (Å²) in [6, 6.07) is 1.72. The summed E-state index contributed by atoms with van der Waals surface area (Å²) < 4.78 is 27.5. The van der Waals surface area contributed by atoms with Crippen LogP contribution in [0.3, 0.4) is 0 Å². The molecule has 0 atom stereocenters.